The number of nitrogens with one attached hydrogen (secondary N) is 1. The predicted octanol–water partition coefficient (Wildman–Crippen LogP) is 4.38. The maximum atomic E-state index is 12.0. The first-order chi connectivity index (χ1) is 11.6. The smallest absolute Gasteiger partial charge is 0.247 e. The van der Waals surface area contributed by atoms with Gasteiger partial charge in [-0.1, -0.05) is 29.8 Å². The fourth-order valence-corrected chi connectivity index (χ4v) is 2.63. The van der Waals surface area contributed by atoms with Crippen LogP contribution in [-0.2, 0) is 11.2 Å². The summed E-state index contributed by atoms with van der Waals surface area (Å²) in [5.41, 5.74) is 2.75. The predicted molar refractivity (Wildman–Crippen MR) is 95.6 cm³/mol. The second-order valence-corrected chi connectivity index (χ2v) is 6.25. The van der Waals surface area contributed by atoms with Crippen LogP contribution in [0.4, 0.5) is 5.69 Å². The molecule has 1 amide bonds. The van der Waals surface area contributed by atoms with E-state index < -0.39 is 0 Å². The molecule has 3 rings (SSSR count). The molecule has 1 N–H and O–H groups in total. The molecule has 24 heavy (non-hydrogen) atoms. The summed E-state index contributed by atoms with van der Waals surface area (Å²) in [6.07, 6.45) is 0.673. The Hall–Kier alpha value is -2.47. The molecule has 0 bridgehead atoms. The van der Waals surface area contributed by atoms with Gasteiger partial charge in [0.2, 0.25) is 17.7 Å². The Morgan fingerprint density at radius 3 is 2.79 bits per heavy atom. The summed E-state index contributed by atoms with van der Waals surface area (Å²) in [7, 11) is 0. The van der Waals surface area contributed by atoms with Gasteiger partial charge in [-0.15, -0.1) is 10.2 Å². The van der Waals surface area contributed by atoms with E-state index in [1.807, 2.05) is 55.5 Å². The van der Waals surface area contributed by atoms with Crippen molar-refractivity contribution in [3.05, 3.63) is 64.5 Å². The van der Waals surface area contributed by atoms with Gasteiger partial charge in [-0.25, -0.2) is 0 Å². The second-order valence-electron chi connectivity index (χ2n) is 5.40. The summed E-state index contributed by atoms with van der Waals surface area (Å²) < 4.78 is 6.48. The number of carbonyl (C=O) groups is 1. The number of aromatic nitrogens is 2. The Kier molecular flexibility index (Phi) is 5.05. The summed E-state index contributed by atoms with van der Waals surface area (Å²) in [4.78, 5) is 12.0. The van der Waals surface area contributed by atoms with E-state index in [1.165, 1.54) is 0 Å². The first-order valence-corrected chi connectivity index (χ1v) is 8.35. The van der Waals surface area contributed by atoms with Crippen molar-refractivity contribution in [1.82, 2.24) is 10.2 Å². The van der Waals surface area contributed by atoms with Crippen LogP contribution in [0.1, 0.15) is 17.9 Å². The Balaban J connectivity index is 1.59. The van der Waals surface area contributed by atoms with Crippen molar-refractivity contribution in [2.45, 2.75) is 19.8 Å². The van der Waals surface area contributed by atoms with Crippen LogP contribution in [0.2, 0.25) is 0 Å². The van der Waals surface area contributed by atoms with Crippen LogP contribution in [0.3, 0.4) is 0 Å². The van der Waals surface area contributed by atoms with E-state index in [0.29, 0.717) is 18.2 Å². The van der Waals surface area contributed by atoms with Crippen molar-refractivity contribution in [2.75, 3.05) is 5.32 Å². The van der Waals surface area contributed by atoms with Crippen molar-refractivity contribution in [3.8, 4) is 11.5 Å². The lowest BCUT2D eigenvalue weighted by atomic mass is 10.1. The Morgan fingerprint density at radius 2 is 2.00 bits per heavy atom. The Morgan fingerprint density at radius 1 is 1.17 bits per heavy atom. The highest BCUT2D eigenvalue weighted by Gasteiger charge is 2.11. The van der Waals surface area contributed by atoms with Gasteiger partial charge in [0, 0.05) is 22.9 Å². The van der Waals surface area contributed by atoms with Gasteiger partial charge in [0.25, 0.3) is 0 Å². The molecule has 1 heterocycles. The molecule has 0 saturated heterocycles. The van der Waals surface area contributed by atoms with E-state index in [9.17, 15) is 4.79 Å². The van der Waals surface area contributed by atoms with Crippen molar-refractivity contribution < 1.29 is 9.21 Å². The summed E-state index contributed by atoms with van der Waals surface area (Å²) in [5.74, 6) is 0.825. The number of nitrogens with zero attached hydrogens (tertiary/aromatic N) is 2. The van der Waals surface area contributed by atoms with Gasteiger partial charge in [-0.3, -0.25) is 4.79 Å². The first-order valence-electron chi connectivity index (χ1n) is 7.55. The SMILES string of the molecule is Cc1cccc(-c2nnc(CCC(=O)Nc3ccccc3Br)o2)c1. The van der Waals surface area contributed by atoms with Crippen LogP contribution in [0.15, 0.2) is 57.4 Å². The van der Waals surface area contributed by atoms with E-state index in [-0.39, 0.29) is 12.3 Å². The number of benzene rings is 2. The van der Waals surface area contributed by atoms with Gasteiger partial charge in [0.1, 0.15) is 0 Å². The number of amides is 1. The molecule has 0 aliphatic heterocycles. The molecule has 6 heteroatoms. The number of anilines is 1. The van der Waals surface area contributed by atoms with Gasteiger partial charge in [-0.05, 0) is 47.1 Å². The molecule has 0 unspecified atom stereocenters. The van der Waals surface area contributed by atoms with Crippen molar-refractivity contribution >= 4 is 27.5 Å². The summed E-state index contributed by atoms with van der Waals surface area (Å²) in [6, 6.07) is 15.3. The highest BCUT2D eigenvalue weighted by molar-refractivity contribution is 9.10. The quantitative estimate of drug-likeness (QED) is 0.707. The molecule has 1 aromatic heterocycles. The Labute approximate surface area is 148 Å². The fraction of sp³-hybridized carbons (Fsp3) is 0.167. The lowest BCUT2D eigenvalue weighted by Gasteiger charge is -2.05. The average molecular weight is 386 g/mol. The maximum Gasteiger partial charge on any atom is 0.247 e. The van der Waals surface area contributed by atoms with Crippen molar-refractivity contribution in [2.24, 2.45) is 0 Å². The minimum absolute atomic E-state index is 0.0998. The first kappa shape index (κ1) is 16.4. The van der Waals surface area contributed by atoms with Crippen LogP contribution < -0.4 is 5.32 Å². The van der Waals surface area contributed by atoms with E-state index >= 15 is 0 Å². The molecular formula is C18H16BrN3O2. The third-order valence-electron chi connectivity index (χ3n) is 3.45. The van der Waals surface area contributed by atoms with Crippen molar-refractivity contribution in [1.29, 1.82) is 0 Å². The maximum absolute atomic E-state index is 12.0. The van der Waals surface area contributed by atoms with Crippen LogP contribution in [-0.4, -0.2) is 16.1 Å². The number of carbonyl (C=O) groups excluding carboxylic acids is 1. The lowest BCUT2D eigenvalue weighted by molar-refractivity contribution is -0.116. The largest absolute Gasteiger partial charge is 0.421 e. The van der Waals surface area contributed by atoms with Crippen LogP contribution in [0.25, 0.3) is 11.5 Å². The monoisotopic (exact) mass is 385 g/mol. The standard InChI is InChI=1S/C18H16BrN3O2/c1-12-5-4-6-13(11-12)18-22-21-17(24-18)10-9-16(23)20-15-8-3-2-7-14(15)19/h2-8,11H,9-10H2,1H3,(H,20,23). The molecule has 0 aliphatic carbocycles. The number of para-hydroxylation sites is 1. The third-order valence-corrected chi connectivity index (χ3v) is 4.14. The Bertz CT molecular complexity index is 861. The molecule has 122 valence electrons. The number of hydrogen-bond acceptors (Lipinski definition) is 4. The van der Waals surface area contributed by atoms with Crippen LogP contribution in [0, 0.1) is 6.92 Å². The number of aryl methyl sites for hydroxylation is 2. The molecule has 0 spiro atoms. The number of rotatable bonds is 5. The van der Waals surface area contributed by atoms with Crippen LogP contribution in [0.5, 0.6) is 0 Å². The second kappa shape index (κ2) is 7.40. The van der Waals surface area contributed by atoms with Gasteiger partial charge in [0.05, 0.1) is 5.69 Å². The zero-order valence-electron chi connectivity index (χ0n) is 13.1. The third kappa shape index (κ3) is 4.08. The molecule has 0 aliphatic rings. The minimum Gasteiger partial charge on any atom is -0.421 e. The molecule has 5 nitrogen and oxygen atoms in total. The minimum atomic E-state index is -0.0998. The van der Waals surface area contributed by atoms with Crippen molar-refractivity contribution in [3.63, 3.8) is 0 Å². The summed E-state index contributed by atoms with van der Waals surface area (Å²) >= 11 is 3.40. The summed E-state index contributed by atoms with van der Waals surface area (Å²) in [5, 5.41) is 10.9. The topological polar surface area (TPSA) is 68.0 Å². The zero-order chi connectivity index (χ0) is 16.9. The van der Waals surface area contributed by atoms with E-state index in [2.05, 4.69) is 31.4 Å². The van der Waals surface area contributed by atoms with Crippen LogP contribution >= 0.6 is 15.9 Å². The molecule has 2 aromatic carbocycles. The molecule has 0 fully saturated rings. The zero-order valence-corrected chi connectivity index (χ0v) is 14.7. The molecular weight excluding hydrogens is 370 g/mol. The average Bonchev–Trinajstić information content (AvgIpc) is 3.04. The van der Waals surface area contributed by atoms with E-state index in [4.69, 9.17) is 4.42 Å². The van der Waals surface area contributed by atoms with Gasteiger partial charge in [0.15, 0.2) is 0 Å². The van der Waals surface area contributed by atoms with Gasteiger partial charge < -0.3 is 9.73 Å². The molecule has 3 aromatic rings. The van der Waals surface area contributed by atoms with Gasteiger partial charge in [-0.2, -0.15) is 0 Å². The molecule has 0 atom stereocenters. The fourth-order valence-electron chi connectivity index (χ4n) is 2.25. The molecule has 0 radical (unpaired) electrons. The molecule has 0 saturated carbocycles. The lowest BCUT2D eigenvalue weighted by Crippen LogP contribution is -2.12. The number of hydrogen-bond donors (Lipinski definition) is 1. The van der Waals surface area contributed by atoms with E-state index in [0.717, 1.165) is 21.3 Å². The summed E-state index contributed by atoms with van der Waals surface area (Å²) in [6.45, 7) is 2.01. The van der Waals surface area contributed by atoms with E-state index in [1.54, 1.807) is 0 Å². The normalized spacial score (nSPS) is 10.6. The number of halogens is 1. The highest BCUT2D eigenvalue weighted by atomic mass is 79.9. The highest BCUT2D eigenvalue weighted by Crippen LogP contribution is 2.22. The van der Waals surface area contributed by atoms with Gasteiger partial charge >= 0.3 is 0 Å².